The van der Waals surface area contributed by atoms with Gasteiger partial charge in [-0.05, 0) is 12.8 Å². The first-order valence-corrected chi connectivity index (χ1v) is 6.38. The summed E-state index contributed by atoms with van der Waals surface area (Å²) >= 11 is 0. The van der Waals surface area contributed by atoms with Crippen molar-refractivity contribution < 1.29 is 4.74 Å². The van der Waals surface area contributed by atoms with Crippen LogP contribution in [-0.2, 0) is 4.74 Å². The van der Waals surface area contributed by atoms with Crippen molar-refractivity contribution in [1.82, 2.24) is 0 Å². The summed E-state index contributed by atoms with van der Waals surface area (Å²) in [5.74, 6) is 1.05. The molecule has 0 amide bonds. The van der Waals surface area contributed by atoms with Crippen LogP contribution in [-0.4, -0.2) is 18.5 Å². The van der Waals surface area contributed by atoms with Crippen molar-refractivity contribution in [3.05, 3.63) is 0 Å². The van der Waals surface area contributed by atoms with Gasteiger partial charge in [-0.25, -0.2) is 0 Å². The molecule has 2 nitrogen and oxygen atoms in total. The highest BCUT2D eigenvalue weighted by Crippen LogP contribution is 2.59. The third kappa shape index (κ3) is 1.08. The Kier molecular flexibility index (Phi) is 1.93. The molecule has 2 heterocycles. The lowest BCUT2D eigenvalue weighted by Crippen LogP contribution is -2.45. The van der Waals surface area contributed by atoms with E-state index in [1.165, 1.54) is 38.5 Å². The molecule has 2 aliphatic heterocycles. The van der Waals surface area contributed by atoms with Gasteiger partial charge in [0.05, 0.1) is 6.54 Å². The summed E-state index contributed by atoms with van der Waals surface area (Å²) in [4.78, 5) is 4.53. The SMILES string of the molecule is CC1(C)C2=NCC(O2)C12CCCCCC2. The second-order valence-corrected chi connectivity index (χ2v) is 5.95. The highest BCUT2D eigenvalue weighted by Gasteiger charge is 2.62. The molecular formula is C13H21NO. The zero-order chi connectivity index (χ0) is 10.5. The van der Waals surface area contributed by atoms with Crippen molar-refractivity contribution in [1.29, 1.82) is 0 Å². The minimum atomic E-state index is 0.195. The maximum absolute atomic E-state index is 5.99. The maximum Gasteiger partial charge on any atom is 0.190 e. The fourth-order valence-electron chi connectivity index (χ4n) is 3.93. The second-order valence-electron chi connectivity index (χ2n) is 5.95. The molecule has 1 spiro atoms. The Labute approximate surface area is 92.1 Å². The van der Waals surface area contributed by atoms with E-state index in [0.717, 1.165) is 12.4 Å². The van der Waals surface area contributed by atoms with Crippen molar-refractivity contribution in [2.24, 2.45) is 15.8 Å². The Morgan fingerprint density at radius 3 is 2.33 bits per heavy atom. The fraction of sp³-hybridized carbons (Fsp3) is 0.923. The van der Waals surface area contributed by atoms with E-state index in [2.05, 4.69) is 18.8 Å². The third-order valence-electron chi connectivity index (χ3n) is 5.05. The molecule has 0 aromatic rings. The Bertz CT molecular complexity index is 298. The van der Waals surface area contributed by atoms with Gasteiger partial charge in [0.2, 0.25) is 0 Å². The molecule has 1 saturated carbocycles. The van der Waals surface area contributed by atoms with E-state index in [-0.39, 0.29) is 5.41 Å². The summed E-state index contributed by atoms with van der Waals surface area (Å²) in [6.07, 6.45) is 8.70. The maximum atomic E-state index is 5.99. The predicted molar refractivity (Wildman–Crippen MR) is 61.1 cm³/mol. The Morgan fingerprint density at radius 1 is 1.13 bits per heavy atom. The van der Waals surface area contributed by atoms with Gasteiger partial charge in [-0.15, -0.1) is 0 Å². The van der Waals surface area contributed by atoms with Crippen LogP contribution >= 0.6 is 0 Å². The van der Waals surface area contributed by atoms with Gasteiger partial charge < -0.3 is 4.74 Å². The zero-order valence-corrected chi connectivity index (χ0v) is 9.88. The predicted octanol–water partition coefficient (Wildman–Crippen LogP) is 3.16. The molecular weight excluding hydrogens is 186 g/mol. The molecule has 1 unspecified atom stereocenters. The van der Waals surface area contributed by atoms with E-state index in [1.54, 1.807) is 0 Å². The van der Waals surface area contributed by atoms with Crippen LogP contribution in [0.3, 0.4) is 0 Å². The quantitative estimate of drug-likeness (QED) is 0.598. The first kappa shape index (κ1) is 9.68. The Hall–Kier alpha value is -0.530. The molecule has 2 heteroatoms. The van der Waals surface area contributed by atoms with Crippen LogP contribution in [0.2, 0.25) is 0 Å². The number of ether oxygens (including phenoxy) is 1. The molecule has 0 aromatic carbocycles. The van der Waals surface area contributed by atoms with Crippen molar-refractivity contribution in [2.45, 2.75) is 58.5 Å². The number of rotatable bonds is 0. The van der Waals surface area contributed by atoms with Gasteiger partial charge in [-0.1, -0.05) is 39.5 Å². The van der Waals surface area contributed by atoms with E-state index >= 15 is 0 Å². The molecule has 84 valence electrons. The largest absolute Gasteiger partial charge is 0.475 e. The van der Waals surface area contributed by atoms with Crippen molar-refractivity contribution in [2.75, 3.05) is 6.54 Å². The third-order valence-corrected chi connectivity index (χ3v) is 5.05. The Morgan fingerprint density at radius 2 is 1.80 bits per heavy atom. The smallest absolute Gasteiger partial charge is 0.190 e. The summed E-state index contributed by atoms with van der Waals surface area (Å²) in [5.41, 5.74) is 0.612. The van der Waals surface area contributed by atoms with Crippen LogP contribution < -0.4 is 0 Å². The van der Waals surface area contributed by atoms with Crippen LogP contribution in [0.4, 0.5) is 0 Å². The van der Waals surface area contributed by atoms with E-state index in [1.807, 2.05) is 0 Å². The van der Waals surface area contributed by atoms with E-state index in [0.29, 0.717) is 11.5 Å². The highest BCUT2D eigenvalue weighted by molar-refractivity contribution is 5.87. The van der Waals surface area contributed by atoms with Crippen LogP contribution in [0.1, 0.15) is 52.4 Å². The van der Waals surface area contributed by atoms with E-state index in [4.69, 9.17) is 4.74 Å². The minimum absolute atomic E-state index is 0.195. The van der Waals surface area contributed by atoms with Gasteiger partial charge in [-0.2, -0.15) is 0 Å². The van der Waals surface area contributed by atoms with Crippen LogP contribution in [0.5, 0.6) is 0 Å². The summed E-state index contributed by atoms with van der Waals surface area (Å²) in [6, 6.07) is 0. The number of hydrogen-bond acceptors (Lipinski definition) is 2. The molecule has 0 N–H and O–H groups in total. The average molecular weight is 207 g/mol. The molecule has 1 saturated heterocycles. The lowest BCUT2D eigenvalue weighted by molar-refractivity contribution is 0.0389. The van der Waals surface area contributed by atoms with Gasteiger partial charge in [0.25, 0.3) is 0 Å². The topological polar surface area (TPSA) is 21.6 Å². The molecule has 1 atom stereocenters. The van der Waals surface area contributed by atoms with Crippen molar-refractivity contribution in [3.63, 3.8) is 0 Å². The molecule has 2 fully saturated rings. The zero-order valence-electron chi connectivity index (χ0n) is 9.88. The van der Waals surface area contributed by atoms with Crippen LogP contribution in [0.25, 0.3) is 0 Å². The molecule has 0 radical (unpaired) electrons. The lowest BCUT2D eigenvalue weighted by atomic mass is 9.59. The number of fused-ring (bicyclic) bond motifs is 3. The van der Waals surface area contributed by atoms with Gasteiger partial charge in [-0.3, -0.25) is 4.99 Å². The summed E-state index contributed by atoms with van der Waals surface area (Å²) in [6.45, 7) is 5.62. The molecule has 3 aliphatic rings. The lowest BCUT2D eigenvalue weighted by Gasteiger charge is -2.42. The summed E-state index contributed by atoms with van der Waals surface area (Å²) in [7, 11) is 0. The van der Waals surface area contributed by atoms with Crippen LogP contribution in [0, 0.1) is 10.8 Å². The van der Waals surface area contributed by atoms with Crippen molar-refractivity contribution >= 4 is 5.90 Å². The standard InChI is InChI=1S/C13H21NO/c1-12(2)11-14-9-10(15-11)13(12)7-5-3-4-6-8-13/h10H,3-9H2,1-2H3. The molecule has 2 bridgehead atoms. The highest BCUT2D eigenvalue weighted by atomic mass is 16.5. The van der Waals surface area contributed by atoms with Gasteiger partial charge >= 0.3 is 0 Å². The number of hydrogen-bond donors (Lipinski definition) is 0. The second kappa shape index (κ2) is 2.99. The first-order valence-electron chi connectivity index (χ1n) is 6.38. The molecule has 15 heavy (non-hydrogen) atoms. The monoisotopic (exact) mass is 207 g/mol. The fourth-order valence-corrected chi connectivity index (χ4v) is 3.93. The summed E-state index contributed by atoms with van der Waals surface area (Å²) in [5, 5.41) is 0. The van der Waals surface area contributed by atoms with E-state index < -0.39 is 0 Å². The molecule has 1 aliphatic carbocycles. The number of aliphatic imine (C=N–C) groups is 1. The van der Waals surface area contributed by atoms with E-state index in [9.17, 15) is 0 Å². The molecule has 0 aromatic heterocycles. The van der Waals surface area contributed by atoms with Gasteiger partial charge in [0, 0.05) is 10.8 Å². The Balaban J connectivity index is 1.99. The number of nitrogens with zero attached hydrogens (tertiary/aromatic N) is 1. The minimum Gasteiger partial charge on any atom is -0.475 e. The van der Waals surface area contributed by atoms with Crippen LogP contribution in [0.15, 0.2) is 4.99 Å². The van der Waals surface area contributed by atoms with Gasteiger partial charge in [0.15, 0.2) is 5.90 Å². The summed E-state index contributed by atoms with van der Waals surface area (Å²) < 4.78 is 5.99. The van der Waals surface area contributed by atoms with Gasteiger partial charge in [0.1, 0.15) is 6.10 Å². The average Bonchev–Trinajstić information content (AvgIpc) is 2.64. The first-order chi connectivity index (χ1) is 7.17. The molecule has 3 rings (SSSR count). The normalized spacial score (nSPS) is 36.1. The van der Waals surface area contributed by atoms with Crippen molar-refractivity contribution in [3.8, 4) is 0 Å².